The Hall–Kier alpha value is -2.03. The molecule has 1 aromatic carbocycles. The van der Waals surface area contributed by atoms with Gasteiger partial charge in [0, 0.05) is 13.1 Å². The highest BCUT2D eigenvalue weighted by atomic mass is 35.5. The zero-order valence-corrected chi connectivity index (χ0v) is 14.5. The van der Waals surface area contributed by atoms with Crippen LogP contribution in [0.2, 0.25) is 0 Å². The summed E-state index contributed by atoms with van der Waals surface area (Å²) in [5, 5.41) is 5.78. The van der Waals surface area contributed by atoms with E-state index in [1.807, 2.05) is 0 Å². The van der Waals surface area contributed by atoms with Crippen molar-refractivity contribution in [1.82, 2.24) is 5.32 Å². The molecule has 1 saturated heterocycles. The molecule has 8 nitrogen and oxygen atoms in total. The number of amides is 1. The van der Waals surface area contributed by atoms with E-state index in [2.05, 4.69) is 10.6 Å². The van der Waals surface area contributed by atoms with E-state index in [1.165, 1.54) is 33.5 Å². The van der Waals surface area contributed by atoms with Crippen molar-refractivity contribution in [2.45, 2.75) is 6.10 Å². The molecule has 1 unspecified atom stereocenters. The summed E-state index contributed by atoms with van der Waals surface area (Å²) in [4.78, 5) is 24.1. The number of morpholine rings is 1. The highest BCUT2D eigenvalue weighted by Gasteiger charge is 2.24. The van der Waals surface area contributed by atoms with Crippen molar-refractivity contribution in [3.63, 3.8) is 0 Å². The van der Waals surface area contributed by atoms with E-state index in [9.17, 15) is 9.59 Å². The lowest BCUT2D eigenvalue weighted by Gasteiger charge is -2.23. The molecule has 0 radical (unpaired) electrons. The third kappa shape index (κ3) is 4.50. The first kappa shape index (κ1) is 20.0. The van der Waals surface area contributed by atoms with Crippen LogP contribution in [0.25, 0.3) is 0 Å². The van der Waals surface area contributed by atoms with Crippen LogP contribution in [0.5, 0.6) is 11.5 Å². The largest absolute Gasteiger partial charge is 0.493 e. The maximum absolute atomic E-state index is 12.3. The van der Waals surface area contributed by atoms with Gasteiger partial charge in [0.25, 0.3) is 5.91 Å². The highest BCUT2D eigenvalue weighted by molar-refractivity contribution is 5.99. The van der Waals surface area contributed by atoms with Crippen molar-refractivity contribution < 1.29 is 28.5 Å². The molecule has 0 bridgehead atoms. The molecule has 0 saturated carbocycles. The molecule has 1 amide bonds. The molecule has 2 N–H and O–H groups in total. The number of carbonyl (C=O) groups excluding carboxylic acids is 2. The molecule has 1 atom stereocenters. The maximum atomic E-state index is 12.3. The number of nitrogens with one attached hydrogen (secondary N) is 2. The lowest BCUT2D eigenvalue weighted by molar-refractivity contribution is -0.128. The highest BCUT2D eigenvalue weighted by Crippen LogP contribution is 2.37. The number of halogens is 1. The number of rotatable bonds is 5. The first-order valence-corrected chi connectivity index (χ1v) is 7.08. The third-order valence-corrected chi connectivity index (χ3v) is 3.38. The van der Waals surface area contributed by atoms with E-state index < -0.39 is 12.1 Å². The molecule has 1 aliphatic heterocycles. The molecule has 24 heavy (non-hydrogen) atoms. The molecule has 0 aromatic heterocycles. The summed E-state index contributed by atoms with van der Waals surface area (Å²) in [6.45, 7) is 1.58. The zero-order valence-electron chi connectivity index (χ0n) is 13.7. The Morgan fingerprint density at radius 3 is 2.54 bits per heavy atom. The Labute approximate surface area is 146 Å². The number of methoxy groups -OCH3 is 3. The van der Waals surface area contributed by atoms with Crippen LogP contribution in [-0.4, -0.2) is 59.0 Å². The standard InChI is InChI=1S/C15H20N2O6.ClH/c1-20-11-7-9(15(19)22-3)6-10(13(11)21-2)17-14(18)12-8-16-4-5-23-12;/h6-7,12,16H,4-5,8H2,1-3H3,(H,17,18);1H. The molecule has 1 heterocycles. The number of anilines is 1. The van der Waals surface area contributed by atoms with E-state index in [4.69, 9.17) is 18.9 Å². The Balaban J connectivity index is 0.00000288. The van der Waals surface area contributed by atoms with Gasteiger partial charge in [-0.2, -0.15) is 0 Å². The number of hydrogen-bond donors (Lipinski definition) is 2. The molecule has 1 aromatic rings. The van der Waals surface area contributed by atoms with Gasteiger partial charge in [-0.25, -0.2) is 4.79 Å². The quantitative estimate of drug-likeness (QED) is 0.751. The normalized spacial score (nSPS) is 16.5. The molecule has 134 valence electrons. The lowest BCUT2D eigenvalue weighted by Crippen LogP contribution is -2.45. The van der Waals surface area contributed by atoms with Crippen LogP contribution < -0.4 is 20.1 Å². The van der Waals surface area contributed by atoms with Gasteiger partial charge >= 0.3 is 5.97 Å². The summed E-state index contributed by atoms with van der Waals surface area (Å²) in [5.74, 6) is -0.248. The Morgan fingerprint density at radius 1 is 1.25 bits per heavy atom. The monoisotopic (exact) mass is 360 g/mol. The topological polar surface area (TPSA) is 95.1 Å². The SMILES string of the molecule is COC(=O)c1cc(NC(=O)C2CNCCO2)c(OC)c(OC)c1.Cl. The minimum Gasteiger partial charge on any atom is -0.493 e. The van der Waals surface area contributed by atoms with E-state index in [0.717, 1.165) is 0 Å². The summed E-state index contributed by atoms with van der Waals surface area (Å²) in [6, 6.07) is 2.96. The first-order chi connectivity index (χ1) is 11.1. The molecule has 0 aliphatic carbocycles. The van der Waals surface area contributed by atoms with Gasteiger partial charge in [0.2, 0.25) is 0 Å². The second kappa shape index (κ2) is 9.31. The molecule has 1 fully saturated rings. The van der Waals surface area contributed by atoms with Crippen LogP contribution >= 0.6 is 12.4 Å². The van der Waals surface area contributed by atoms with Crippen LogP contribution in [-0.2, 0) is 14.3 Å². The smallest absolute Gasteiger partial charge is 0.338 e. The summed E-state index contributed by atoms with van der Waals surface area (Å²) in [5.41, 5.74) is 0.551. The number of esters is 1. The maximum Gasteiger partial charge on any atom is 0.338 e. The molecule has 9 heteroatoms. The summed E-state index contributed by atoms with van der Waals surface area (Å²) in [6.07, 6.45) is -0.610. The fourth-order valence-electron chi connectivity index (χ4n) is 2.24. The molecule has 1 aliphatic rings. The zero-order chi connectivity index (χ0) is 16.8. The molecular formula is C15H21ClN2O6. The van der Waals surface area contributed by atoms with E-state index >= 15 is 0 Å². The van der Waals surface area contributed by atoms with Crippen LogP contribution in [0, 0.1) is 0 Å². The van der Waals surface area contributed by atoms with Crippen molar-refractivity contribution in [1.29, 1.82) is 0 Å². The predicted molar refractivity (Wildman–Crippen MR) is 89.4 cm³/mol. The van der Waals surface area contributed by atoms with E-state index in [1.54, 1.807) is 0 Å². The van der Waals surface area contributed by atoms with Gasteiger partial charge in [-0.3, -0.25) is 4.79 Å². The van der Waals surface area contributed by atoms with Gasteiger partial charge in [-0.05, 0) is 12.1 Å². The fourth-order valence-corrected chi connectivity index (χ4v) is 2.24. The van der Waals surface area contributed by atoms with Crippen molar-refractivity contribution in [3.8, 4) is 11.5 Å². The van der Waals surface area contributed by atoms with Gasteiger partial charge in [0.15, 0.2) is 11.5 Å². The van der Waals surface area contributed by atoms with Crippen molar-refractivity contribution in [3.05, 3.63) is 17.7 Å². The number of carbonyl (C=O) groups is 2. The first-order valence-electron chi connectivity index (χ1n) is 7.08. The lowest BCUT2D eigenvalue weighted by atomic mass is 10.1. The van der Waals surface area contributed by atoms with Crippen molar-refractivity contribution in [2.24, 2.45) is 0 Å². The van der Waals surface area contributed by atoms with Crippen LogP contribution in [0.3, 0.4) is 0 Å². The Kier molecular flexibility index (Phi) is 7.76. The second-order valence-corrected chi connectivity index (χ2v) is 4.80. The molecule has 0 spiro atoms. The Morgan fingerprint density at radius 2 is 2.00 bits per heavy atom. The average Bonchev–Trinajstić information content (AvgIpc) is 2.60. The fraction of sp³-hybridized carbons (Fsp3) is 0.467. The number of ether oxygens (including phenoxy) is 4. The van der Waals surface area contributed by atoms with E-state index in [0.29, 0.717) is 36.9 Å². The van der Waals surface area contributed by atoms with Gasteiger partial charge < -0.3 is 29.6 Å². The third-order valence-electron chi connectivity index (χ3n) is 3.38. The predicted octanol–water partition coefficient (Wildman–Crippen LogP) is 0.839. The van der Waals surface area contributed by atoms with Gasteiger partial charge in [-0.1, -0.05) is 0 Å². The number of hydrogen-bond acceptors (Lipinski definition) is 7. The van der Waals surface area contributed by atoms with Crippen LogP contribution in [0.1, 0.15) is 10.4 Å². The van der Waals surface area contributed by atoms with Crippen LogP contribution in [0.15, 0.2) is 12.1 Å². The summed E-state index contributed by atoms with van der Waals surface area (Å²) >= 11 is 0. The number of benzene rings is 1. The Bertz CT molecular complexity index is 590. The summed E-state index contributed by atoms with van der Waals surface area (Å²) in [7, 11) is 4.17. The summed E-state index contributed by atoms with van der Waals surface area (Å²) < 4.78 is 20.6. The minimum atomic E-state index is -0.610. The second-order valence-electron chi connectivity index (χ2n) is 4.80. The van der Waals surface area contributed by atoms with Gasteiger partial charge in [0.1, 0.15) is 6.10 Å². The van der Waals surface area contributed by atoms with Gasteiger partial charge in [0.05, 0.1) is 39.2 Å². The molecular weight excluding hydrogens is 340 g/mol. The van der Waals surface area contributed by atoms with Crippen LogP contribution in [0.4, 0.5) is 5.69 Å². The van der Waals surface area contributed by atoms with Crippen molar-refractivity contribution >= 4 is 30.0 Å². The van der Waals surface area contributed by atoms with Crippen molar-refractivity contribution in [2.75, 3.05) is 46.3 Å². The average molecular weight is 361 g/mol. The van der Waals surface area contributed by atoms with E-state index in [-0.39, 0.29) is 23.9 Å². The minimum absolute atomic E-state index is 0. The molecule has 2 rings (SSSR count). The van der Waals surface area contributed by atoms with Gasteiger partial charge in [-0.15, -0.1) is 12.4 Å².